The second-order valence-electron chi connectivity index (χ2n) is 5.85. The zero-order chi connectivity index (χ0) is 18.7. The van der Waals surface area contributed by atoms with E-state index in [9.17, 15) is 4.79 Å². The van der Waals surface area contributed by atoms with Crippen molar-refractivity contribution in [2.45, 2.75) is 27.7 Å². The first-order valence-corrected chi connectivity index (χ1v) is 8.55. The lowest BCUT2D eigenvalue weighted by Crippen LogP contribution is -2.13. The molecular weight excluding hydrogens is 332 g/mol. The van der Waals surface area contributed by atoms with Crippen LogP contribution in [0.5, 0.6) is 11.5 Å². The Hall–Kier alpha value is -3.09. The molecule has 0 aliphatic carbocycles. The Labute approximate surface area is 152 Å². The van der Waals surface area contributed by atoms with Crippen LogP contribution in [0.3, 0.4) is 0 Å². The van der Waals surface area contributed by atoms with E-state index in [2.05, 4.69) is 15.4 Å². The number of hydrogen-bond donors (Lipinski definition) is 1. The van der Waals surface area contributed by atoms with Crippen molar-refractivity contribution in [1.29, 1.82) is 0 Å². The smallest absolute Gasteiger partial charge is 0.255 e. The highest BCUT2D eigenvalue weighted by molar-refractivity contribution is 6.04. The lowest BCUT2D eigenvalue weighted by atomic mass is 10.1. The van der Waals surface area contributed by atoms with E-state index < -0.39 is 0 Å². The lowest BCUT2D eigenvalue weighted by Gasteiger charge is -2.11. The van der Waals surface area contributed by atoms with E-state index in [1.807, 2.05) is 33.8 Å². The van der Waals surface area contributed by atoms with Crippen LogP contribution in [0.15, 0.2) is 30.5 Å². The molecule has 0 fully saturated rings. The summed E-state index contributed by atoms with van der Waals surface area (Å²) in [6.45, 7) is 8.58. The molecule has 0 bridgehead atoms. The molecule has 1 amide bonds. The van der Waals surface area contributed by atoms with Gasteiger partial charge in [-0.05, 0) is 51.5 Å². The van der Waals surface area contributed by atoms with Crippen LogP contribution in [0, 0.1) is 13.8 Å². The molecule has 7 heteroatoms. The van der Waals surface area contributed by atoms with E-state index >= 15 is 0 Å². The second kappa shape index (κ2) is 7.43. The average Bonchev–Trinajstić information content (AvgIpc) is 2.96. The Balaban J connectivity index is 1.89. The van der Waals surface area contributed by atoms with Crippen LogP contribution in [-0.2, 0) is 0 Å². The summed E-state index contributed by atoms with van der Waals surface area (Å²) >= 11 is 0. The van der Waals surface area contributed by atoms with Gasteiger partial charge in [-0.2, -0.15) is 5.10 Å². The van der Waals surface area contributed by atoms with Crippen molar-refractivity contribution >= 4 is 17.2 Å². The number of benzene rings is 1. The van der Waals surface area contributed by atoms with Crippen molar-refractivity contribution < 1.29 is 14.3 Å². The van der Waals surface area contributed by atoms with Crippen LogP contribution in [0.25, 0.3) is 5.65 Å². The maximum absolute atomic E-state index is 12.7. The number of fused-ring (bicyclic) bond motifs is 1. The number of ether oxygens (including phenoxy) is 2. The van der Waals surface area contributed by atoms with E-state index in [-0.39, 0.29) is 5.91 Å². The van der Waals surface area contributed by atoms with Gasteiger partial charge in [-0.25, -0.2) is 9.50 Å². The number of rotatable bonds is 6. The third kappa shape index (κ3) is 3.77. The zero-order valence-corrected chi connectivity index (χ0v) is 15.4. The van der Waals surface area contributed by atoms with E-state index in [0.717, 1.165) is 11.2 Å². The molecule has 0 radical (unpaired) electrons. The van der Waals surface area contributed by atoms with Crippen LogP contribution in [-0.4, -0.2) is 33.7 Å². The van der Waals surface area contributed by atoms with Crippen molar-refractivity contribution in [3.05, 3.63) is 47.4 Å². The number of anilines is 1. The molecular formula is C19H22N4O3. The summed E-state index contributed by atoms with van der Waals surface area (Å²) in [7, 11) is 0. The third-order valence-corrected chi connectivity index (χ3v) is 3.75. The Morgan fingerprint density at radius 2 is 1.73 bits per heavy atom. The summed E-state index contributed by atoms with van der Waals surface area (Å²) in [6.07, 6.45) is 1.75. The highest BCUT2D eigenvalue weighted by Gasteiger charge is 2.12. The molecule has 2 heterocycles. The minimum Gasteiger partial charge on any atom is -0.494 e. The van der Waals surface area contributed by atoms with Crippen molar-refractivity contribution in [3.63, 3.8) is 0 Å². The van der Waals surface area contributed by atoms with Gasteiger partial charge in [-0.1, -0.05) is 0 Å². The third-order valence-electron chi connectivity index (χ3n) is 3.75. The summed E-state index contributed by atoms with van der Waals surface area (Å²) in [5.41, 5.74) is 2.82. The first kappa shape index (κ1) is 17.7. The van der Waals surface area contributed by atoms with Crippen molar-refractivity contribution in [2.24, 2.45) is 0 Å². The summed E-state index contributed by atoms with van der Waals surface area (Å²) in [5, 5.41) is 7.21. The molecule has 26 heavy (non-hydrogen) atoms. The van der Waals surface area contributed by atoms with Gasteiger partial charge in [-0.3, -0.25) is 4.79 Å². The molecule has 0 saturated heterocycles. The van der Waals surface area contributed by atoms with Gasteiger partial charge in [0.1, 0.15) is 17.3 Å². The zero-order valence-electron chi connectivity index (χ0n) is 15.4. The molecule has 0 saturated carbocycles. The first-order valence-electron chi connectivity index (χ1n) is 8.55. The molecule has 136 valence electrons. The molecule has 1 aromatic carbocycles. The number of carbonyl (C=O) groups is 1. The maximum Gasteiger partial charge on any atom is 0.255 e. The summed E-state index contributed by atoms with van der Waals surface area (Å²) in [6, 6.07) is 7.05. The Morgan fingerprint density at radius 3 is 2.35 bits per heavy atom. The van der Waals surface area contributed by atoms with Gasteiger partial charge in [0.05, 0.1) is 25.1 Å². The van der Waals surface area contributed by atoms with Crippen LogP contribution in [0.4, 0.5) is 5.69 Å². The Bertz CT molecular complexity index is 925. The summed E-state index contributed by atoms with van der Waals surface area (Å²) in [5.74, 6) is 1.63. The summed E-state index contributed by atoms with van der Waals surface area (Å²) in [4.78, 5) is 17.1. The van der Waals surface area contributed by atoms with E-state index in [1.54, 1.807) is 28.9 Å². The fourth-order valence-electron chi connectivity index (χ4n) is 2.73. The number of nitrogens with one attached hydrogen (secondary N) is 1. The quantitative estimate of drug-likeness (QED) is 0.734. The number of nitrogens with zero attached hydrogens (tertiary/aromatic N) is 3. The van der Waals surface area contributed by atoms with Gasteiger partial charge < -0.3 is 14.8 Å². The largest absolute Gasteiger partial charge is 0.494 e. The predicted octanol–water partition coefficient (Wildman–Crippen LogP) is 3.40. The van der Waals surface area contributed by atoms with Gasteiger partial charge in [0.15, 0.2) is 5.65 Å². The van der Waals surface area contributed by atoms with E-state index in [4.69, 9.17) is 9.47 Å². The van der Waals surface area contributed by atoms with Gasteiger partial charge in [0.2, 0.25) is 0 Å². The SMILES string of the molecule is CCOc1cc(OCC)cc(C(=O)Nc2cc(C)c3nc(C)nn3c2)c1. The van der Waals surface area contributed by atoms with Gasteiger partial charge in [0.25, 0.3) is 5.91 Å². The average molecular weight is 354 g/mol. The standard InChI is InChI=1S/C19H22N4O3/c1-5-25-16-8-14(9-17(10-16)26-6-2)19(24)21-15-7-12(3)18-20-13(4)22-23(18)11-15/h7-11H,5-6H2,1-4H3,(H,21,24). The Kier molecular flexibility index (Phi) is 5.06. The first-order chi connectivity index (χ1) is 12.5. The van der Waals surface area contributed by atoms with Gasteiger partial charge in [-0.15, -0.1) is 0 Å². The lowest BCUT2D eigenvalue weighted by molar-refractivity contribution is 0.102. The highest BCUT2D eigenvalue weighted by Crippen LogP contribution is 2.24. The molecule has 0 spiro atoms. The minimum atomic E-state index is -0.247. The molecule has 3 aromatic rings. The predicted molar refractivity (Wildman–Crippen MR) is 99.2 cm³/mol. The molecule has 0 atom stereocenters. The Morgan fingerprint density at radius 1 is 1.08 bits per heavy atom. The molecule has 7 nitrogen and oxygen atoms in total. The second-order valence-corrected chi connectivity index (χ2v) is 5.85. The number of pyridine rings is 1. The topological polar surface area (TPSA) is 77.8 Å². The molecule has 3 rings (SSSR count). The van der Waals surface area contributed by atoms with Crippen molar-refractivity contribution in [3.8, 4) is 11.5 Å². The number of amides is 1. The van der Waals surface area contributed by atoms with Crippen molar-refractivity contribution in [1.82, 2.24) is 14.6 Å². The molecule has 1 N–H and O–H groups in total. The molecule has 0 aliphatic heterocycles. The summed E-state index contributed by atoms with van der Waals surface area (Å²) < 4.78 is 12.7. The number of hydrogen-bond acceptors (Lipinski definition) is 5. The number of carbonyl (C=O) groups excluding carboxylic acids is 1. The fourth-order valence-corrected chi connectivity index (χ4v) is 2.73. The van der Waals surface area contributed by atoms with Crippen LogP contribution in [0.2, 0.25) is 0 Å². The normalized spacial score (nSPS) is 10.8. The highest BCUT2D eigenvalue weighted by atomic mass is 16.5. The van der Waals surface area contributed by atoms with Gasteiger partial charge in [0, 0.05) is 11.6 Å². The van der Waals surface area contributed by atoms with Crippen LogP contribution in [0.1, 0.15) is 35.6 Å². The van der Waals surface area contributed by atoms with Gasteiger partial charge >= 0.3 is 0 Å². The molecule has 0 unspecified atom stereocenters. The van der Waals surface area contributed by atoms with Crippen LogP contribution < -0.4 is 14.8 Å². The molecule has 0 aliphatic rings. The molecule has 2 aromatic heterocycles. The maximum atomic E-state index is 12.7. The van der Waals surface area contributed by atoms with Crippen LogP contribution >= 0.6 is 0 Å². The van der Waals surface area contributed by atoms with E-state index in [0.29, 0.717) is 41.8 Å². The number of aryl methyl sites for hydroxylation is 2. The van der Waals surface area contributed by atoms with Crippen molar-refractivity contribution in [2.75, 3.05) is 18.5 Å². The monoisotopic (exact) mass is 354 g/mol. The van der Waals surface area contributed by atoms with E-state index in [1.165, 1.54) is 0 Å². The fraction of sp³-hybridized carbons (Fsp3) is 0.316. The number of aromatic nitrogens is 3. The minimum absolute atomic E-state index is 0.247.